The van der Waals surface area contributed by atoms with E-state index in [1.165, 1.54) is 6.26 Å². The minimum absolute atomic E-state index is 0.225. The third kappa shape index (κ3) is 3.25. The van der Waals surface area contributed by atoms with Gasteiger partial charge in [0.2, 0.25) is 0 Å². The molecule has 7 heteroatoms. The van der Waals surface area contributed by atoms with Gasteiger partial charge in [0.05, 0.1) is 11.3 Å². The molecule has 2 heterocycles. The Kier molecular flexibility index (Phi) is 4.63. The lowest BCUT2D eigenvalue weighted by Crippen LogP contribution is -2.16. The zero-order valence-electron chi connectivity index (χ0n) is 14.9. The van der Waals surface area contributed by atoms with Crippen LogP contribution in [0.3, 0.4) is 0 Å². The predicted molar refractivity (Wildman–Crippen MR) is 109 cm³/mol. The first kappa shape index (κ1) is 17.9. The van der Waals surface area contributed by atoms with E-state index < -0.39 is 0 Å². The smallest absolute Gasteiger partial charge is 0.291 e. The van der Waals surface area contributed by atoms with Gasteiger partial charge in [0.15, 0.2) is 5.76 Å². The molecule has 6 nitrogen and oxygen atoms in total. The van der Waals surface area contributed by atoms with Crippen molar-refractivity contribution in [3.8, 4) is 0 Å². The maximum atomic E-state index is 12.7. The second-order valence-corrected chi connectivity index (χ2v) is 6.58. The summed E-state index contributed by atoms with van der Waals surface area (Å²) < 4.78 is 6.83. The number of nitrogens with one attached hydrogen (secondary N) is 2. The number of rotatable bonds is 4. The molecule has 0 fully saturated rings. The molecule has 4 rings (SSSR count). The van der Waals surface area contributed by atoms with Gasteiger partial charge < -0.3 is 19.6 Å². The van der Waals surface area contributed by atoms with Crippen LogP contribution in [0.2, 0.25) is 5.02 Å². The fraction of sp³-hybridized carbons (Fsp3) is 0.0476. The van der Waals surface area contributed by atoms with Gasteiger partial charge in [-0.05, 0) is 42.5 Å². The zero-order chi connectivity index (χ0) is 19.7. The molecule has 0 aliphatic rings. The van der Waals surface area contributed by atoms with Crippen LogP contribution in [0.1, 0.15) is 21.0 Å². The van der Waals surface area contributed by atoms with Crippen LogP contribution in [0.25, 0.3) is 10.9 Å². The van der Waals surface area contributed by atoms with Crippen molar-refractivity contribution in [1.29, 1.82) is 0 Å². The Morgan fingerprint density at radius 2 is 1.54 bits per heavy atom. The molecule has 0 radical (unpaired) electrons. The highest BCUT2D eigenvalue weighted by atomic mass is 35.5. The molecule has 2 N–H and O–H groups in total. The first-order valence-corrected chi connectivity index (χ1v) is 8.91. The number of carbonyl (C=O) groups is 2. The van der Waals surface area contributed by atoms with E-state index in [1.807, 2.05) is 24.3 Å². The molecule has 0 aliphatic heterocycles. The Bertz CT molecular complexity index is 1120. The number of carbonyl (C=O) groups excluding carboxylic acids is 2. The van der Waals surface area contributed by atoms with Crippen molar-refractivity contribution < 1.29 is 14.0 Å². The predicted octanol–water partition coefficient (Wildman–Crippen LogP) is 4.93. The van der Waals surface area contributed by atoms with Crippen molar-refractivity contribution >= 4 is 45.7 Å². The number of hydrogen-bond donors (Lipinski definition) is 2. The SMILES string of the molecule is Cn1c(C(=O)Nc2ccc(NC(=O)c3ccco3)cc2)c(Cl)c2ccccc21. The Hall–Kier alpha value is -3.51. The van der Waals surface area contributed by atoms with Crippen molar-refractivity contribution in [2.45, 2.75) is 0 Å². The molecule has 0 bridgehead atoms. The molecule has 140 valence electrons. The standard InChI is InChI=1S/C21H16ClN3O3/c1-25-16-6-3-2-5-15(16)18(22)19(25)21(27)24-14-10-8-13(9-11-14)23-20(26)17-7-4-12-28-17/h2-12H,1H3,(H,23,26)(H,24,27). The first-order chi connectivity index (χ1) is 13.5. The summed E-state index contributed by atoms with van der Waals surface area (Å²) in [6.45, 7) is 0. The van der Waals surface area contributed by atoms with Crippen molar-refractivity contribution in [2.24, 2.45) is 7.05 Å². The summed E-state index contributed by atoms with van der Waals surface area (Å²) in [6, 6.07) is 17.6. The Morgan fingerprint density at radius 1 is 0.893 bits per heavy atom. The minimum Gasteiger partial charge on any atom is -0.459 e. The van der Waals surface area contributed by atoms with Crippen LogP contribution >= 0.6 is 11.6 Å². The second-order valence-electron chi connectivity index (χ2n) is 6.20. The van der Waals surface area contributed by atoms with Crippen LogP contribution in [0, 0.1) is 0 Å². The van der Waals surface area contributed by atoms with Gasteiger partial charge in [-0.3, -0.25) is 9.59 Å². The molecule has 0 spiro atoms. The number of aryl methyl sites for hydroxylation is 1. The number of furan rings is 1. The lowest BCUT2D eigenvalue weighted by atomic mass is 10.2. The van der Waals surface area contributed by atoms with Gasteiger partial charge in [-0.2, -0.15) is 0 Å². The van der Waals surface area contributed by atoms with E-state index in [2.05, 4.69) is 10.6 Å². The van der Waals surface area contributed by atoms with Crippen LogP contribution in [-0.4, -0.2) is 16.4 Å². The van der Waals surface area contributed by atoms with Crippen LogP contribution in [0.4, 0.5) is 11.4 Å². The van der Waals surface area contributed by atoms with E-state index in [0.29, 0.717) is 22.1 Å². The van der Waals surface area contributed by atoms with Crippen molar-refractivity contribution in [3.63, 3.8) is 0 Å². The summed E-state index contributed by atoms with van der Waals surface area (Å²) >= 11 is 6.42. The number of halogens is 1. The maximum Gasteiger partial charge on any atom is 0.291 e. The molecule has 4 aromatic rings. The third-order valence-electron chi connectivity index (χ3n) is 4.41. The number of fused-ring (bicyclic) bond motifs is 1. The fourth-order valence-electron chi connectivity index (χ4n) is 3.03. The molecule has 2 aromatic heterocycles. The summed E-state index contributed by atoms with van der Waals surface area (Å²) in [5.74, 6) is -0.428. The highest BCUT2D eigenvalue weighted by Crippen LogP contribution is 2.30. The lowest BCUT2D eigenvalue weighted by Gasteiger charge is -2.09. The molecular formula is C21H16ClN3O3. The van der Waals surface area contributed by atoms with E-state index in [4.69, 9.17) is 16.0 Å². The molecular weight excluding hydrogens is 378 g/mol. The second kappa shape index (κ2) is 7.25. The van der Waals surface area contributed by atoms with Crippen molar-refractivity contribution in [3.05, 3.63) is 83.4 Å². The summed E-state index contributed by atoms with van der Waals surface area (Å²) in [7, 11) is 1.80. The largest absolute Gasteiger partial charge is 0.459 e. The topological polar surface area (TPSA) is 76.3 Å². The van der Waals surface area contributed by atoms with Gasteiger partial charge in [0.1, 0.15) is 5.69 Å². The van der Waals surface area contributed by atoms with Crippen molar-refractivity contribution in [2.75, 3.05) is 10.6 Å². The number of anilines is 2. The average molecular weight is 394 g/mol. The van der Waals surface area contributed by atoms with E-state index in [0.717, 1.165) is 10.9 Å². The highest BCUT2D eigenvalue weighted by Gasteiger charge is 2.19. The highest BCUT2D eigenvalue weighted by molar-refractivity contribution is 6.39. The van der Waals surface area contributed by atoms with Gasteiger partial charge in [0, 0.05) is 29.3 Å². The van der Waals surface area contributed by atoms with E-state index in [1.54, 1.807) is 48.0 Å². The number of hydrogen-bond acceptors (Lipinski definition) is 3. The van der Waals surface area contributed by atoms with Gasteiger partial charge in [-0.25, -0.2) is 0 Å². The first-order valence-electron chi connectivity index (χ1n) is 8.54. The van der Waals surface area contributed by atoms with E-state index >= 15 is 0 Å². The molecule has 0 unspecified atom stereocenters. The normalized spacial score (nSPS) is 10.8. The number of amides is 2. The van der Waals surface area contributed by atoms with Gasteiger partial charge >= 0.3 is 0 Å². The van der Waals surface area contributed by atoms with Gasteiger partial charge in [-0.1, -0.05) is 29.8 Å². The fourth-order valence-corrected chi connectivity index (χ4v) is 3.40. The number of nitrogens with zero attached hydrogens (tertiary/aromatic N) is 1. The summed E-state index contributed by atoms with van der Waals surface area (Å²) in [4.78, 5) is 24.7. The molecule has 2 amide bonds. The van der Waals surface area contributed by atoms with Gasteiger partial charge in [-0.15, -0.1) is 0 Å². The quantitative estimate of drug-likeness (QED) is 0.516. The molecule has 0 saturated carbocycles. The Balaban J connectivity index is 1.50. The van der Waals surface area contributed by atoms with Crippen molar-refractivity contribution in [1.82, 2.24) is 4.57 Å². The zero-order valence-corrected chi connectivity index (χ0v) is 15.7. The number of para-hydroxylation sites is 1. The van der Waals surface area contributed by atoms with Crippen LogP contribution in [0.15, 0.2) is 71.3 Å². The van der Waals surface area contributed by atoms with E-state index in [-0.39, 0.29) is 17.6 Å². The van der Waals surface area contributed by atoms with Crippen LogP contribution in [-0.2, 0) is 7.05 Å². The maximum absolute atomic E-state index is 12.7. The minimum atomic E-state index is -0.343. The van der Waals surface area contributed by atoms with E-state index in [9.17, 15) is 9.59 Å². The summed E-state index contributed by atoms with van der Waals surface area (Å²) in [5.41, 5.74) is 2.44. The molecule has 0 saturated heterocycles. The molecule has 28 heavy (non-hydrogen) atoms. The molecule has 2 aromatic carbocycles. The third-order valence-corrected chi connectivity index (χ3v) is 4.79. The Morgan fingerprint density at radius 3 is 2.14 bits per heavy atom. The number of benzene rings is 2. The average Bonchev–Trinajstić information content (AvgIpc) is 3.32. The lowest BCUT2D eigenvalue weighted by molar-refractivity contribution is 0.0993. The van der Waals surface area contributed by atoms with Crippen LogP contribution in [0.5, 0.6) is 0 Å². The van der Waals surface area contributed by atoms with Crippen LogP contribution < -0.4 is 10.6 Å². The monoisotopic (exact) mass is 393 g/mol. The van der Waals surface area contributed by atoms with Gasteiger partial charge in [0.25, 0.3) is 11.8 Å². The summed E-state index contributed by atoms with van der Waals surface area (Å²) in [5, 5.41) is 6.80. The molecule has 0 aliphatic carbocycles. The summed E-state index contributed by atoms with van der Waals surface area (Å²) in [6.07, 6.45) is 1.44. The molecule has 0 atom stereocenters. The number of aromatic nitrogens is 1. The Labute approximate surface area is 165 Å².